The number of hydrogen-bond donors (Lipinski definition) is 0. The van der Waals surface area contributed by atoms with Crippen LogP contribution in [0.1, 0.15) is 91.9 Å². The highest BCUT2D eigenvalue weighted by molar-refractivity contribution is 5.78. The number of ether oxygens (including phenoxy) is 1. The Morgan fingerprint density at radius 2 is 1.83 bits per heavy atom. The minimum Gasteiger partial charge on any atom is -0.374 e. The molecule has 1 heterocycles. The molecule has 1 saturated heterocycles. The zero-order valence-corrected chi connectivity index (χ0v) is 20.5. The molecule has 1 rings (SSSR count). The summed E-state index contributed by atoms with van der Waals surface area (Å²) in [5, 5.41) is 0. The molecule has 0 bridgehead atoms. The summed E-state index contributed by atoms with van der Waals surface area (Å²) >= 11 is 0. The fourth-order valence-electron chi connectivity index (χ4n) is 4.20. The first kappa shape index (κ1) is 27.0. The molecule has 0 aromatic heterocycles. The lowest BCUT2D eigenvalue weighted by Gasteiger charge is -2.34. The van der Waals surface area contributed by atoms with E-state index < -0.39 is 0 Å². The maximum absolute atomic E-state index is 12.7. The lowest BCUT2D eigenvalue weighted by atomic mass is 9.98. The van der Waals surface area contributed by atoms with Crippen molar-refractivity contribution in [3.63, 3.8) is 0 Å². The van der Waals surface area contributed by atoms with Crippen LogP contribution in [0, 0.1) is 23.7 Å². The molecule has 1 fully saturated rings. The molecule has 0 aromatic rings. The molecule has 30 heavy (non-hydrogen) atoms. The number of carbonyl (C=O) groups is 1. The average Bonchev–Trinajstić information content (AvgIpc) is 2.74. The van der Waals surface area contributed by atoms with Gasteiger partial charge in [0.1, 0.15) is 0 Å². The average molecular weight is 421 g/mol. The molecule has 174 valence electrons. The van der Waals surface area contributed by atoms with Gasteiger partial charge in [0, 0.05) is 38.5 Å². The lowest BCUT2D eigenvalue weighted by Crippen LogP contribution is -2.48. The van der Waals surface area contributed by atoms with Crippen LogP contribution in [-0.2, 0) is 9.53 Å². The van der Waals surface area contributed by atoms with Gasteiger partial charge in [0.2, 0.25) is 5.91 Å². The molecule has 0 aromatic carbocycles. The first-order valence-corrected chi connectivity index (χ1v) is 12.6. The van der Waals surface area contributed by atoms with Gasteiger partial charge in [-0.25, -0.2) is 0 Å². The largest absolute Gasteiger partial charge is 0.374 e. The zero-order valence-electron chi connectivity index (χ0n) is 20.5. The van der Waals surface area contributed by atoms with E-state index in [4.69, 9.17) is 4.74 Å². The highest BCUT2D eigenvalue weighted by Crippen LogP contribution is 2.15. The van der Waals surface area contributed by atoms with Crippen LogP contribution in [0.3, 0.4) is 0 Å². The van der Waals surface area contributed by atoms with Crippen LogP contribution >= 0.6 is 0 Å². The standard InChI is InChI=1S/C26H48N2O2/c1-6-9-11-12-15-23(4)26(29)27(5)21-25-22-28(19-20-30-25)18-13-17-24(14-8-3)16-10-7-2/h23-25H,6-12,14-16,18-22H2,1-5H3/t23?,24?,25-/m0/s1. The van der Waals surface area contributed by atoms with Crippen LogP contribution in [0.4, 0.5) is 0 Å². The Balaban J connectivity index is 2.41. The van der Waals surface area contributed by atoms with Gasteiger partial charge in [-0.05, 0) is 19.3 Å². The van der Waals surface area contributed by atoms with Gasteiger partial charge in [-0.2, -0.15) is 0 Å². The first-order chi connectivity index (χ1) is 14.5. The van der Waals surface area contributed by atoms with Crippen molar-refractivity contribution in [2.45, 2.75) is 98.0 Å². The van der Waals surface area contributed by atoms with Crippen molar-refractivity contribution in [3.8, 4) is 11.8 Å². The number of hydrogen-bond acceptors (Lipinski definition) is 3. The van der Waals surface area contributed by atoms with Gasteiger partial charge in [0.05, 0.1) is 19.3 Å². The molecule has 0 saturated carbocycles. The molecule has 0 radical (unpaired) electrons. The lowest BCUT2D eigenvalue weighted by molar-refractivity contribution is -0.136. The van der Waals surface area contributed by atoms with Crippen LogP contribution in [-0.4, -0.2) is 61.6 Å². The van der Waals surface area contributed by atoms with Gasteiger partial charge in [-0.3, -0.25) is 9.69 Å². The smallest absolute Gasteiger partial charge is 0.225 e. The summed E-state index contributed by atoms with van der Waals surface area (Å²) in [6.07, 6.45) is 12.1. The molecule has 2 unspecified atom stereocenters. The molecule has 1 amide bonds. The van der Waals surface area contributed by atoms with E-state index in [9.17, 15) is 4.79 Å². The van der Waals surface area contributed by atoms with Crippen molar-refractivity contribution in [3.05, 3.63) is 0 Å². The number of morpholine rings is 1. The molecule has 1 aliphatic rings. The summed E-state index contributed by atoms with van der Waals surface area (Å²) in [6.45, 7) is 12.8. The predicted octanol–water partition coefficient (Wildman–Crippen LogP) is 5.36. The van der Waals surface area contributed by atoms with Gasteiger partial charge < -0.3 is 9.64 Å². The highest BCUT2D eigenvalue weighted by Gasteiger charge is 2.24. The van der Waals surface area contributed by atoms with Crippen molar-refractivity contribution in [2.24, 2.45) is 11.8 Å². The van der Waals surface area contributed by atoms with E-state index in [2.05, 4.69) is 44.4 Å². The highest BCUT2D eigenvalue weighted by atomic mass is 16.5. The number of carbonyl (C=O) groups excluding carboxylic acids is 1. The van der Waals surface area contributed by atoms with Crippen molar-refractivity contribution in [1.29, 1.82) is 0 Å². The number of amides is 1. The molecule has 4 nitrogen and oxygen atoms in total. The van der Waals surface area contributed by atoms with E-state index >= 15 is 0 Å². The van der Waals surface area contributed by atoms with E-state index in [1.54, 1.807) is 0 Å². The van der Waals surface area contributed by atoms with Crippen LogP contribution in [0.25, 0.3) is 0 Å². The van der Waals surface area contributed by atoms with Crippen LogP contribution in [0.15, 0.2) is 0 Å². The van der Waals surface area contributed by atoms with Gasteiger partial charge >= 0.3 is 0 Å². The Morgan fingerprint density at radius 1 is 1.07 bits per heavy atom. The number of rotatable bonds is 14. The van der Waals surface area contributed by atoms with Crippen molar-refractivity contribution >= 4 is 5.91 Å². The van der Waals surface area contributed by atoms with Crippen molar-refractivity contribution < 1.29 is 9.53 Å². The minimum absolute atomic E-state index is 0.0910. The fourth-order valence-corrected chi connectivity index (χ4v) is 4.20. The van der Waals surface area contributed by atoms with E-state index in [1.807, 2.05) is 11.9 Å². The molecule has 0 N–H and O–H groups in total. The summed E-state index contributed by atoms with van der Waals surface area (Å²) in [5.74, 6) is 7.87. The van der Waals surface area contributed by atoms with Gasteiger partial charge in [0.15, 0.2) is 0 Å². The summed E-state index contributed by atoms with van der Waals surface area (Å²) in [7, 11) is 1.93. The first-order valence-electron chi connectivity index (χ1n) is 12.6. The predicted molar refractivity (Wildman–Crippen MR) is 127 cm³/mol. The quantitative estimate of drug-likeness (QED) is 0.280. The summed E-state index contributed by atoms with van der Waals surface area (Å²) in [5.41, 5.74) is 0. The maximum atomic E-state index is 12.7. The second-order valence-corrected chi connectivity index (χ2v) is 9.15. The van der Waals surface area contributed by atoms with Crippen molar-refractivity contribution in [1.82, 2.24) is 9.80 Å². The Labute approximate surface area is 187 Å². The topological polar surface area (TPSA) is 32.8 Å². The molecular formula is C26H48N2O2. The van der Waals surface area contributed by atoms with Gasteiger partial charge in [0.25, 0.3) is 0 Å². The van der Waals surface area contributed by atoms with E-state index in [0.717, 1.165) is 39.1 Å². The molecule has 0 aliphatic carbocycles. The van der Waals surface area contributed by atoms with E-state index in [1.165, 1.54) is 51.4 Å². The summed E-state index contributed by atoms with van der Waals surface area (Å²) in [6, 6.07) is 0. The third-order valence-corrected chi connectivity index (χ3v) is 6.14. The normalized spacial score (nSPS) is 19.0. The molecule has 1 aliphatic heterocycles. The minimum atomic E-state index is 0.0910. The third-order valence-electron chi connectivity index (χ3n) is 6.14. The van der Waals surface area contributed by atoms with Crippen LogP contribution < -0.4 is 0 Å². The van der Waals surface area contributed by atoms with Gasteiger partial charge in [-0.15, -0.1) is 0 Å². The molecular weight excluding hydrogens is 372 g/mol. The maximum Gasteiger partial charge on any atom is 0.225 e. The zero-order chi connectivity index (χ0) is 22.2. The Hall–Kier alpha value is -1.05. The SMILES string of the molecule is CCCCCCC(C)C(=O)N(C)C[C@H]1CN(CC#CC(CCC)CCCC)CCO1. The van der Waals surface area contributed by atoms with Gasteiger partial charge in [-0.1, -0.05) is 84.5 Å². The number of unbranched alkanes of at least 4 members (excludes halogenated alkanes) is 4. The summed E-state index contributed by atoms with van der Waals surface area (Å²) in [4.78, 5) is 17.0. The Morgan fingerprint density at radius 3 is 2.53 bits per heavy atom. The van der Waals surface area contributed by atoms with Crippen LogP contribution in [0.5, 0.6) is 0 Å². The Kier molecular flexibility index (Phi) is 14.9. The van der Waals surface area contributed by atoms with Crippen molar-refractivity contribution in [2.75, 3.05) is 39.8 Å². The monoisotopic (exact) mass is 420 g/mol. The molecule has 3 atom stereocenters. The fraction of sp³-hybridized carbons (Fsp3) is 0.885. The van der Waals surface area contributed by atoms with Crippen LogP contribution in [0.2, 0.25) is 0 Å². The number of nitrogens with zero attached hydrogens (tertiary/aromatic N) is 2. The van der Waals surface area contributed by atoms with E-state index in [0.29, 0.717) is 12.5 Å². The second kappa shape index (κ2) is 16.6. The van der Waals surface area contributed by atoms with E-state index in [-0.39, 0.29) is 17.9 Å². The Bertz CT molecular complexity index is 511. The number of likely N-dealkylation sites (N-methyl/N-ethyl adjacent to an activating group) is 1. The second-order valence-electron chi connectivity index (χ2n) is 9.15. The summed E-state index contributed by atoms with van der Waals surface area (Å²) < 4.78 is 5.96. The molecule has 4 heteroatoms. The third kappa shape index (κ3) is 11.4. The molecule has 0 spiro atoms.